The zero-order valence-corrected chi connectivity index (χ0v) is 19.0. The van der Waals surface area contributed by atoms with Crippen LogP contribution in [0.4, 0.5) is 5.13 Å². The predicted molar refractivity (Wildman–Crippen MR) is 121 cm³/mol. The van der Waals surface area contributed by atoms with Crippen molar-refractivity contribution >= 4 is 32.7 Å². The second-order valence-corrected chi connectivity index (χ2v) is 9.81. The molecule has 0 spiro atoms. The number of aryl methyl sites for hydroxylation is 1. The van der Waals surface area contributed by atoms with E-state index in [1.807, 2.05) is 56.6 Å². The first-order valence-corrected chi connectivity index (χ1v) is 11.1. The van der Waals surface area contributed by atoms with Crippen molar-refractivity contribution in [2.75, 3.05) is 25.1 Å². The van der Waals surface area contributed by atoms with Crippen molar-refractivity contribution in [3.8, 4) is 11.4 Å². The normalized spacial score (nSPS) is 15.6. The topological polar surface area (TPSA) is 72.3 Å². The lowest BCUT2D eigenvalue weighted by Crippen LogP contribution is -2.47. The highest BCUT2D eigenvalue weighted by atomic mass is 32.1. The van der Waals surface area contributed by atoms with Crippen LogP contribution in [0.5, 0.6) is 5.75 Å². The smallest absolute Gasteiger partial charge is 0.225 e. The molecule has 1 N–H and O–H groups in total. The minimum Gasteiger partial charge on any atom is -0.497 e. The molecule has 30 heavy (non-hydrogen) atoms. The fourth-order valence-corrected chi connectivity index (χ4v) is 4.62. The van der Waals surface area contributed by atoms with Gasteiger partial charge in [-0.1, -0.05) is 32.1 Å². The Bertz CT molecular complexity index is 1040. The Kier molecular flexibility index (Phi) is 5.44. The lowest BCUT2D eigenvalue weighted by Gasteiger charge is -2.33. The number of hydrogen-bond donors (Lipinski definition) is 1. The molecular weight excluding hydrogens is 398 g/mol. The van der Waals surface area contributed by atoms with Crippen LogP contribution in [0, 0.1) is 12.3 Å². The molecule has 0 unspecified atom stereocenters. The van der Waals surface area contributed by atoms with Gasteiger partial charge >= 0.3 is 0 Å². The van der Waals surface area contributed by atoms with E-state index in [4.69, 9.17) is 9.72 Å². The zero-order chi connectivity index (χ0) is 21.5. The quantitative estimate of drug-likeness (QED) is 0.683. The summed E-state index contributed by atoms with van der Waals surface area (Å²) < 4.78 is 8.27. The minimum absolute atomic E-state index is 0.121. The molecular formula is C22H29N5O2S. The van der Waals surface area contributed by atoms with Crippen molar-refractivity contribution in [2.24, 2.45) is 5.41 Å². The summed E-state index contributed by atoms with van der Waals surface area (Å²) in [6, 6.07) is 8.09. The van der Waals surface area contributed by atoms with Crippen LogP contribution < -0.4 is 15.0 Å². The summed E-state index contributed by atoms with van der Waals surface area (Å²) in [7, 11) is 1.66. The molecule has 2 aromatic heterocycles. The van der Waals surface area contributed by atoms with Crippen LogP contribution in [-0.4, -0.2) is 46.9 Å². The molecule has 3 aromatic rings. The number of rotatable bonds is 4. The number of hydrogen-bond acceptors (Lipinski definition) is 6. The van der Waals surface area contributed by atoms with E-state index >= 15 is 0 Å². The first kappa shape index (κ1) is 20.7. The molecule has 0 bridgehead atoms. The molecule has 0 radical (unpaired) electrons. The van der Waals surface area contributed by atoms with E-state index in [0.717, 1.165) is 58.5 Å². The number of amides is 1. The van der Waals surface area contributed by atoms with Crippen molar-refractivity contribution in [2.45, 2.75) is 46.6 Å². The van der Waals surface area contributed by atoms with Crippen LogP contribution in [0.2, 0.25) is 0 Å². The van der Waals surface area contributed by atoms with Crippen molar-refractivity contribution in [1.82, 2.24) is 20.1 Å². The average Bonchev–Trinajstić information content (AvgIpc) is 3.29. The van der Waals surface area contributed by atoms with Gasteiger partial charge in [-0.05, 0) is 44.0 Å². The molecule has 1 fully saturated rings. The number of methoxy groups -OCH3 is 1. The molecule has 1 amide bonds. The highest BCUT2D eigenvalue weighted by Crippen LogP contribution is 2.34. The van der Waals surface area contributed by atoms with E-state index in [1.54, 1.807) is 18.4 Å². The number of thiazole rings is 1. The van der Waals surface area contributed by atoms with Crippen molar-refractivity contribution in [1.29, 1.82) is 0 Å². The predicted octanol–water partition coefficient (Wildman–Crippen LogP) is 3.93. The monoisotopic (exact) mass is 427 g/mol. The second-order valence-electron chi connectivity index (χ2n) is 8.83. The fraction of sp³-hybridized carbons (Fsp3) is 0.500. The second kappa shape index (κ2) is 7.91. The van der Waals surface area contributed by atoms with E-state index in [1.165, 1.54) is 0 Å². The number of anilines is 1. The van der Waals surface area contributed by atoms with Crippen molar-refractivity contribution in [3.63, 3.8) is 0 Å². The standard InChI is InChI=1S/C22H29N5O2S/c1-14-18-19(27(25-14)16-6-8-17(29-5)9-7-16)24-21(30-18)26-12-10-15(11-13-26)23-20(28)22(2,3)4/h6-9,15H,10-13H2,1-5H3,(H,23,28). The lowest BCUT2D eigenvalue weighted by atomic mass is 9.94. The Morgan fingerprint density at radius 2 is 1.87 bits per heavy atom. The maximum atomic E-state index is 12.3. The minimum atomic E-state index is -0.352. The number of carbonyl (C=O) groups is 1. The number of carbonyl (C=O) groups excluding carboxylic acids is 1. The third-order valence-corrected chi connectivity index (χ3v) is 6.69. The third-order valence-electron chi connectivity index (χ3n) is 5.48. The Hall–Kier alpha value is -2.61. The summed E-state index contributed by atoms with van der Waals surface area (Å²) in [6.07, 6.45) is 1.86. The first-order valence-electron chi connectivity index (χ1n) is 10.3. The van der Waals surface area contributed by atoms with Gasteiger partial charge in [-0.25, -0.2) is 4.68 Å². The van der Waals surface area contributed by atoms with Crippen molar-refractivity contribution in [3.05, 3.63) is 30.0 Å². The molecule has 1 aliphatic heterocycles. The van der Waals surface area contributed by atoms with Crippen LogP contribution in [-0.2, 0) is 4.79 Å². The highest BCUT2D eigenvalue weighted by molar-refractivity contribution is 7.22. The SMILES string of the molecule is COc1ccc(-n2nc(C)c3sc(N4CCC(NC(=O)C(C)(C)C)CC4)nc32)cc1. The highest BCUT2D eigenvalue weighted by Gasteiger charge is 2.28. The van der Waals surface area contributed by atoms with Crippen LogP contribution in [0.25, 0.3) is 16.0 Å². The fourth-order valence-electron chi connectivity index (χ4n) is 3.58. The summed E-state index contributed by atoms with van der Waals surface area (Å²) in [6.45, 7) is 9.66. The largest absolute Gasteiger partial charge is 0.497 e. The van der Waals surface area contributed by atoms with E-state index in [2.05, 4.69) is 15.3 Å². The number of piperidine rings is 1. The van der Waals surface area contributed by atoms with E-state index in [0.29, 0.717) is 0 Å². The number of aromatic nitrogens is 3. The maximum Gasteiger partial charge on any atom is 0.225 e. The van der Waals surface area contributed by atoms with Gasteiger partial charge in [-0.15, -0.1) is 0 Å². The molecule has 160 valence electrons. The summed E-state index contributed by atoms with van der Waals surface area (Å²) in [5.41, 5.74) is 2.49. The molecule has 0 saturated carbocycles. The van der Waals surface area contributed by atoms with Gasteiger partial charge < -0.3 is 15.0 Å². The van der Waals surface area contributed by atoms with Crippen LogP contribution in [0.15, 0.2) is 24.3 Å². The molecule has 8 heteroatoms. The third kappa shape index (κ3) is 4.01. The number of ether oxygens (including phenoxy) is 1. The van der Waals surface area contributed by atoms with Gasteiger partial charge in [-0.2, -0.15) is 10.1 Å². The van der Waals surface area contributed by atoms with Crippen molar-refractivity contribution < 1.29 is 9.53 Å². The van der Waals surface area contributed by atoms with Gasteiger partial charge in [0.1, 0.15) is 5.75 Å². The van der Waals surface area contributed by atoms with Crippen LogP contribution in [0.1, 0.15) is 39.3 Å². The Morgan fingerprint density at radius 3 is 2.47 bits per heavy atom. The molecule has 0 atom stereocenters. The van der Waals surface area contributed by atoms with Gasteiger partial charge in [0, 0.05) is 24.5 Å². The maximum absolute atomic E-state index is 12.3. The molecule has 0 aliphatic carbocycles. The van der Waals surface area contributed by atoms with Gasteiger partial charge in [0.2, 0.25) is 5.91 Å². The molecule has 7 nitrogen and oxygen atoms in total. The number of nitrogens with one attached hydrogen (secondary N) is 1. The number of benzene rings is 1. The summed E-state index contributed by atoms with van der Waals surface area (Å²) in [5.74, 6) is 0.940. The molecule has 4 rings (SSSR count). The van der Waals surface area contributed by atoms with E-state index in [9.17, 15) is 4.79 Å². The van der Waals surface area contributed by atoms with Gasteiger partial charge in [0.25, 0.3) is 0 Å². The first-order chi connectivity index (χ1) is 14.3. The van der Waals surface area contributed by atoms with Crippen LogP contribution >= 0.6 is 11.3 Å². The molecule has 1 aliphatic rings. The van der Waals surface area contributed by atoms with Gasteiger partial charge in [-0.3, -0.25) is 4.79 Å². The van der Waals surface area contributed by atoms with Crippen LogP contribution in [0.3, 0.4) is 0 Å². The summed E-state index contributed by atoms with van der Waals surface area (Å²) in [4.78, 5) is 19.5. The average molecular weight is 428 g/mol. The summed E-state index contributed by atoms with van der Waals surface area (Å²) >= 11 is 1.69. The zero-order valence-electron chi connectivity index (χ0n) is 18.2. The Labute approximate surface area is 181 Å². The van der Waals surface area contributed by atoms with Gasteiger partial charge in [0.05, 0.1) is 23.2 Å². The Balaban J connectivity index is 1.50. The molecule has 1 aromatic carbocycles. The van der Waals surface area contributed by atoms with E-state index in [-0.39, 0.29) is 17.4 Å². The lowest BCUT2D eigenvalue weighted by molar-refractivity contribution is -0.129. The Morgan fingerprint density at radius 1 is 1.20 bits per heavy atom. The summed E-state index contributed by atoms with van der Waals surface area (Å²) in [5, 5.41) is 8.90. The number of nitrogens with zero attached hydrogens (tertiary/aromatic N) is 4. The van der Waals surface area contributed by atoms with Gasteiger partial charge in [0.15, 0.2) is 10.8 Å². The molecule has 1 saturated heterocycles. The molecule has 3 heterocycles. The number of fused-ring (bicyclic) bond motifs is 1. The van der Waals surface area contributed by atoms with E-state index < -0.39 is 0 Å².